The summed E-state index contributed by atoms with van der Waals surface area (Å²) in [4.78, 5) is 24.1. The first-order valence-corrected chi connectivity index (χ1v) is 11.2. The molecule has 0 spiro atoms. The van der Waals surface area contributed by atoms with Crippen molar-refractivity contribution >= 4 is 40.0 Å². The maximum atomic E-state index is 12.1. The predicted molar refractivity (Wildman–Crippen MR) is 136 cm³/mol. The zero-order valence-corrected chi connectivity index (χ0v) is 20.1. The van der Waals surface area contributed by atoms with Gasteiger partial charge in [0, 0.05) is 21.7 Å². The van der Waals surface area contributed by atoms with E-state index in [0.717, 1.165) is 15.6 Å². The van der Waals surface area contributed by atoms with Crippen LogP contribution in [0, 0.1) is 0 Å². The topological polar surface area (TPSA) is 89.0 Å². The smallest absolute Gasteiger partial charge is 0.259 e. The summed E-state index contributed by atoms with van der Waals surface area (Å²) in [6.45, 7) is 0.187. The molecule has 3 aromatic rings. The number of rotatable bonds is 10. The van der Waals surface area contributed by atoms with E-state index in [1.165, 1.54) is 12.3 Å². The van der Waals surface area contributed by atoms with Crippen LogP contribution >= 0.6 is 15.9 Å². The number of ether oxygens (including phenoxy) is 2. The molecule has 3 rings (SSSR count). The van der Waals surface area contributed by atoms with Gasteiger partial charge >= 0.3 is 0 Å². The Kier molecular flexibility index (Phi) is 9.42. The van der Waals surface area contributed by atoms with Crippen molar-refractivity contribution in [2.45, 2.75) is 6.61 Å². The highest BCUT2D eigenvalue weighted by Crippen LogP contribution is 2.23. The average Bonchev–Trinajstić information content (AvgIpc) is 2.86. The molecule has 34 heavy (non-hydrogen) atoms. The van der Waals surface area contributed by atoms with E-state index in [4.69, 9.17) is 9.47 Å². The Balaban J connectivity index is 1.50. The fraction of sp³-hybridized carbons (Fsp3) is 0.115. The Bertz CT molecular complexity index is 1180. The zero-order chi connectivity index (χ0) is 24.2. The van der Waals surface area contributed by atoms with Gasteiger partial charge in [-0.3, -0.25) is 9.59 Å². The number of hydrogen-bond donors (Lipinski definition) is 2. The highest BCUT2D eigenvalue weighted by Gasteiger charge is 2.06. The normalized spacial score (nSPS) is 10.9. The van der Waals surface area contributed by atoms with E-state index in [0.29, 0.717) is 23.7 Å². The summed E-state index contributed by atoms with van der Waals surface area (Å²) in [7, 11) is 1.56. The molecule has 0 saturated heterocycles. The van der Waals surface area contributed by atoms with Crippen molar-refractivity contribution in [3.8, 4) is 11.5 Å². The lowest BCUT2D eigenvalue weighted by Crippen LogP contribution is -2.34. The lowest BCUT2D eigenvalue weighted by molar-refractivity contribution is -0.123. The molecule has 7 nitrogen and oxygen atoms in total. The summed E-state index contributed by atoms with van der Waals surface area (Å²) >= 11 is 3.43. The lowest BCUT2D eigenvalue weighted by atomic mass is 10.2. The van der Waals surface area contributed by atoms with E-state index in [-0.39, 0.29) is 6.54 Å². The molecule has 0 aliphatic rings. The molecule has 0 unspecified atom stereocenters. The van der Waals surface area contributed by atoms with Gasteiger partial charge in [0.15, 0.2) is 0 Å². The Morgan fingerprint density at radius 2 is 1.74 bits per heavy atom. The molecule has 2 amide bonds. The van der Waals surface area contributed by atoms with E-state index >= 15 is 0 Å². The molecule has 174 valence electrons. The van der Waals surface area contributed by atoms with Crippen molar-refractivity contribution in [1.29, 1.82) is 0 Å². The maximum Gasteiger partial charge on any atom is 0.259 e. The van der Waals surface area contributed by atoms with Crippen LogP contribution in [0.15, 0.2) is 88.4 Å². The second kappa shape index (κ2) is 13.0. The highest BCUT2D eigenvalue weighted by molar-refractivity contribution is 9.10. The van der Waals surface area contributed by atoms with Crippen LogP contribution in [-0.2, 0) is 16.2 Å². The number of hydrazone groups is 1. The summed E-state index contributed by atoms with van der Waals surface area (Å²) in [6.07, 6.45) is 4.45. The largest absolute Gasteiger partial charge is 0.496 e. The lowest BCUT2D eigenvalue weighted by Gasteiger charge is -2.09. The van der Waals surface area contributed by atoms with E-state index in [1.807, 2.05) is 66.7 Å². The van der Waals surface area contributed by atoms with Gasteiger partial charge in [-0.25, -0.2) is 5.43 Å². The van der Waals surface area contributed by atoms with Crippen LogP contribution in [0.25, 0.3) is 6.08 Å². The molecule has 0 atom stereocenters. The minimum atomic E-state index is -0.461. The first kappa shape index (κ1) is 24.7. The number of nitrogens with one attached hydrogen (secondary N) is 2. The van der Waals surface area contributed by atoms with Crippen molar-refractivity contribution in [2.24, 2.45) is 5.10 Å². The molecule has 2 N–H and O–H groups in total. The van der Waals surface area contributed by atoms with Crippen molar-refractivity contribution in [1.82, 2.24) is 10.7 Å². The average molecular weight is 522 g/mol. The van der Waals surface area contributed by atoms with Crippen LogP contribution < -0.4 is 20.2 Å². The summed E-state index contributed by atoms with van der Waals surface area (Å²) in [5, 5.41) is 6.49. The zero-order valence-electron chi connectivity index (χ0n) is 18.5. The van der Waals surface area contributed by atoms with Gasteiger partial charge in [0.2, 0.25) is 5.91 Å². The fourth-order valence-corrected chi connectivity index (χ4v) is 3.28. The SMILES string of the molecule is COc1ccccc1/C=C/C(=O)NCC(=O)N/N=C\c1cc(Br)ccc1OCc1ccccc1. The molecule has 8 heteroatoms. The van der Waals surface area contributed by atoms with Crippen LogP contribution in [0.2, 0.25) is 0 Å². The van der Waals surface area contributed by atoms with Crippen molar-refractivity contribution in [2.75, 3.05) is 13.7 Å². The number of carbonyl (C=O) groups excluding carboxylic acids is 2. The van der Waals surface area contributed by atoms with Crippen LogP contribution in [0.3, 0.4) is 0 Å². The van der Waals surface area contributed by atoms with Crippen LogP contribution in [0.1, 0.15) is 16.7 Å². The standard InChI is InChI=1S/C26H24BrN3O4/c1-33-23-10-6-5-9-20(23)11-14-25(31)28-17-26(32)30-29-16-21-15-22(27)12-13-24(21)34-18-19-7-3-2-4-8-19/h2-16H,17-18H2,1H3,(H,28,31)(H,30,32)/b14-11+,29-16-. The Morgan fingerprint density at radius 3 is 2.53 bits per heavy atom. The molecule has 0 saturated carbocycles. The van der Waals surface area contributed by atoms with Gasteiger partial charge in [-0.2, -0.15) is 5.10 Å². The molecule has 3 aromatic carbocycles. The Morgan fingerprint density at radius 1 is 0.971 bits per heavy atom. The van der Waals surface area contributed by atoms with E-state index in [1.54, 1.807) is 19.3 Å². The van der Waals surface area contributed by atoms with E-state index in [9.17, 15) is 9.59 Å². The summed E-state index contributed by atoms with van der Waals surface area (Å²) in [5.74, 6) is 0.406. The van der Waals surface area contributed by atoms with Crippen molar-refractivity contribution in [3.05, 3.63) is 100 Å². The number of carbonyl (C=O) groups is 2. The molecule has 0 radical (unpaired) electrons. The third kappa shape index (κ3) is 7.90. The number of hydrogen-bond acceptors (Lipinski definition) is 5. The molecular weight excluding hydrogens is 498 g/mol. The first-order chi connectivity index (χ1) is 16.5. The van der Waals surface area contributed by atoms with Gasteiger partial charge in [-0.15, -0.1) is 0 Å². The first-order valence-electron chi connectivity index (χ1n) is 10.4. The predicted octanol–water partition coefficient (Wildman–Crippen LogP) is 4.32. The number of amides is 2. The monoisotopic (exact) mass is 521 g/mol. The number of halogens is 1. The Labute approximate surface area is 206 Å². The second-order valence-electron chi connectivity index (χ2n) is 7.04. The maximum absolute atomic E-state index is 12.1. The molecule has 0 bridgehead atoms. The van der Waals surface area contributed by atoms with Gasteiger partial charge in [0.25, 0.3) is 5.91 Å². The molecule has 0 aliphatic heterocycles. The summed E-state index contributed by atoms with van der Waals surface area (Å²) in [5.41, 5.74) is 4.89. The summed E-state index contributed by atoms with van der Waals surface area (Å²) in [6, 6.07) is 22.6. The third-order valence-corrected chi connectivity index (χ3v) is 5.07. The van der Waals surface area contributed by atoms with Crippen LogP contribution in [0.5, 0.6) is 11.5 Å². The number of nitrogens with zero attached hydrogens (tertiary/aromatic N) is 1. The number of methoxy groups -OCH3 is 1. The second-order valence-corrected chi connectivity index (χ2v) is 7.96. The van der Waals surface area contributed by atoms with Gasteiger partial charge in [0.05, 0.1) is 19.9 Å². The van der Waals surface area contributed by atoms with Gasteiger partial charge < -0.3 is 14.8 Å². The van der Waals surface area contributed by atoms with Crippen molar-refractivity contribution in [3.63, 3.8) is 0 Å². The number of para-hydroxylation sites is 1. The molecule has 0 aromatic heterocycles. The van der Waals surface area contributed by atoms with Gasteiger partial charge in [-0.1, -0.05) is 64.5 Å². The van der Waals surface area contributed by atoms with E-state index in [2.05, 4.69) is 31.8 Å². The Hall–Kier alpha value is -3.91. The minimum absolute atomic E-state index is 0.220. The van der Waals surface area contributed by atoms with Gasteiger partial charge in [0.1, 0.15) is 18.1 Å². The molecule has 0 aliphatic carbocycles. The molecule has 0 heterocycles. The third-order valence-electron chi connectivity index (χ3n) is 4.58. The van der Waals surface area contributed by atoms with Crippen molar-refractivity contribution < 1.29 is 19.1 Å². The highest BCUT2D eigenvalue weighted by atomic mass is 79.9. The molecular formula is C26H24BrN3O4. The fourth-order valence-electron chi connectivity index (χ4n) is 2.90. The quantitative estimate of drug-likeness (QED) is 0.236. The number of benzene rings is 3. The van der Waals surface area contributed by atoms with Gasteiger partial charge in [-0.05, 0) is 35.9 Å². The van der Waals surface area contributed by atoms with E-state index < -0.39 is 11.8 Å². The molecule has 0 fully saturated rings. The van der Waals surface area contributed by atoms with Crippen LogP contribution in [-0.4, -0.2) is 31.7 Å². The summed E-state index contributed by atoms with van der Waals surface area (Å²) < 4.78 is 12.0. The van der Waals surface area contributed by atoms with Crippen LogP contribution in [0.4, 0.5) is 0 Å². The minimum Gasteiger partial charge on any atom is -0.496 e.